The number of carboxylic acid groups (broad SMARTS) is 1. The van der Waals surface area contributed by atoms with Gasteiger partial charge in [0.1, 0.15) is 18.1 Å². The lowest BCUT2D eigenvalue weighted by molar-refractivity contribution is -0.132. The largest absolute Gasteiger partial charge is 0.489 e. The maximum atomic E-state index is 12.3. The molecular formula is C23H18BrNO4. The van der Waals surface area contributed by atoms with Crippen molar-refractivity contribution in [2.24, 2.45) is 0 Å². The third-order valence-corrected chi connectivity index (χ3v) is 4.53. The molecule has 0 saturated carbocycles. The number of carbonyl (C=O) groups excluding carboxylic acids is 1. The first-order valence-electron chi connectivity index (χ1n) is 8.80. The normalized spacial score (nSPS) is 11.0. The molecule has 0 spiro atoms. The lowest BCUT2D eigenvalue weighted by Crippen LogP contribution is -2.27. The van der Waals surface area contributed by atoms with Gasteiger partial charge in [0.25, 0.3) is 5.91 Å². The Kier molecular flexibility index (Phi) is 6.81. The van der Waals surface area contributed by atoms with Crippen LogP contribution in [0.4, 0.5) is 0 Å². The predicted molar refractivity (Wildman–Crippen MR) is 114 cm³/mol. The molecule has 0 heterocycles. The Morgan fingerprint density at radius 3 is 2.38 bits per heavy atom. The highest BCUT2D eigenvalue weighted by molar-refractivity contribution is 9.10. The summed E-state index contributed by atoms with van der Waals surface area (Å²) in [5, 5.41) is 11.9. The molecule has 0 aliphatic heterocycles. The molecule has 3 aromatic carbocycles. The molecule has 0 atom stereocenters. The fourth-order valence-corrected chi connectivity index (χ4v) is 2.81. The van der Waals surface area contributed by atoms with Gasteiger partial charge in [-0.25, -0.2) is 4.79 Å². The molecule has 146 valence electrons. The first-order valence-corrected chi connectivity index (χ1v) is 9.59. The van der Waals surface area contributed by atoms with Crippen molar-refractivity contribution in [3.63, 3.8) is 0 Å². The zero-order valence-corrected chi connectivity index (χ0v) is 16.9. The molecule has 0 aromatic heterocycles. The molecule has 0 fully saturated rings. The van der Waals surface area contributed by atoms with E-state index >= 15 is 0 Å². The highest BCUT2D eigenvalue weighted by Crippen LogP contribution is 2.18. The molecule has 0 aliphatic rings. The van der Waals surface area contributed by atoms with E-state index in [4.69, 9.17) is 4.74 Å². The van der Waals surface area contributed by atoms with E-state index < -0.39 is 11.9 Å². The monoisotopic (exact) mass is 451 g/mol. The van der Waals surface area contributed by atoms with E-state index in [1.54, 1.807) is 54.6 Å². The molecule has 2 N–H and O–H groups in total. The molecule has 0 bridgehead atoms. The van der Waals surface area contributed by atoms with Crippen LogP contribution in [0.15, 0.2) is 89.0 Å². The third-order valence-electron chi connectivity index (χ3n) is 4.00. The van der Waals surface area contributed by atoms with Crippen molar-refractivity contribution >= 4 is 33.9 Å². The van der Waals surface area contributed by atoms with Gasteiger partial charge in [0.15, 0.2) is 0 Å². The van der Waals surface area contributed by atoms with Crippen LogP contribution in [0, 0.1) is 0 Å². The van der Waals surface area contributed by atoms with Crippen LogP contribution in [0.5, 0.6) is 5.75 Å². The number of carboxylic acids is 1. The Hall–Kier alpha value is -3.38. The summed E-state index contributed by atoms with van der Waals surface area (Å²) in [5.41, 5.74) is 1.77. The van der Waals surface area contributed by atoms with E-state index in [0.717, 1.165) is 10.0 Å². The number of hydrogen-bond donors (Lipinski definition) is 2. The van der Waals surface area contributed by atoms with Gasteiger partial charge in [0.2, 0.25) is 0 Å². The van der Waals surface area contributed by atoms with Gasteiger partial charge in [-0.05, 0) is 53.6 Å². The zero-order chi connectivity index (χ0) is 20.6. The zero-order valence-electron chi connectivity index (χ0n) is 15.3. The molecule has 0 aliphatic carbocycles. The highest BCUT2D eigenvalue weighted by atomic mass is 79.9. The number of rotatable bonds is 7. The molecular weight excluding hydrogens is 434 g/mol. The topological polar surface area (TPSA) is 75.6 Å². The van der Waals surface area contributed by atoms with Gasteiger partial charge in [-0.2, -0.15) is 0 Å². The van der Waals surface area contributed by atoms with Crippen molar-refractivity contribution in [2.45, 2.75) is 6.61 Å². The van der Waals surface area contributed by atoms with E-state index in [2.05, 4.69) is 21.2 Å². The fourth-order valence-electron chi connectivity index (χ4n) is 2.54. The Labute approximate surface area is 176 Å². The Balaban J connectivity index is 1.72. The quantitative estimate of drug-likeness (QED) is 0.501. The summed E-state index contributed by atoms with van der Waals surface area (Å²) in [5.74, 6) is -1.11. The number of aliphatic carboxylic acids is 1. The smallest absolute Gasteiger partial charge is 0.352 e. The Morgan fingerprint density at radius 2 is 1.69 bits per heavy atom. The molecule has 6 heteroatoms. The fraction of sp³-hybridized carbons (Fsp3) is 0.0435. The summed E-state index contributed by atoms with van der Waals surface area (Å²) in [6.45, 7) is 0.386. The number of nitrogens with one attached hydrogen (secondary N) is 1. The van der Waals surface area contributed by atoms with Crippen molar-refractivity contribution in [3.05, 3.63) is 106 Å². The van der Waals surface area contributed by atoms with Crippen LogP contribution in [-0.4, -0.2) is 17.0 Å². The number of carbonyl (C=O) groups is 2. The minimum Gasteiger partial charge on any atom is -0.489 e. The molecule has 0 radical (unpaired) electrons. The first kappa shape index (κ1) is 20.4. The summed E-state index contributed by atoms with van der Waals surface area (Å²) >= 11 is 3.39. The average molecular weight is 452 g/mol. The predicted octanol–water partition coefficient (Wildman–Crippen LogP) is 4.88. The molecule has 29 heavy (non-hydrogen) atoms. The van der Waals surface area contributed by atoms with Gasteiger partial charge in [0, 0.05) is 10.0 Å². The second-order valence-electron chi connectivity index (χ2n) is 6.17. The van der Waals surface area contributed by atoms with Crippen molar-refractivity contribution in [3.8, 4) is 5.75 Å². The maximum absolute atomic E-state index is 12.3. The number of hydrogen-bond acceptors (Lipinski definition) is 3. The van der Waals surface area contributed by atoms with Crippen LogP contribution in [0.25, 0.3) is 6.08 Å². The van der Waals surface area contributed by atoms with Crippen LogP contribution in [0.1, 0.15) is 21.5 Å². The minimum atomic E-state index is -1.23. The summed E-state index contributed by atoms with van der Waals surface area (Å²) in [6.07, 6.45) is 1.40. The SMILES string of the molecule is O=C(O)C(=Cc1cccc(OCc2ccc(Br)cc2)c1)NC(=O)c1ccccc1. The summed E-state index contributed by atoms with van der Waals surface area (Å²) in [6, 6.07) is 23.2. The van der Waals surface area contributed by atoms with Crippen molar-refractivity contribution in [1.29, 1.82) is 0 Å². The maximum Gasteiger partial charge on any atom is 0.352 e. The van der Waals surface area contributed by atoms with E-state index in [9.17, 15) is 14.7 Å². The van der Waals surface area contributed by atoms with Gasteiger partial charge < -0.3 is 15.2 Å². The number of halogens is 1. The van der Waals surface area contributed by atoms with E-state index in [1.807, 2.05) is 24.3 Å². The van der Waals surface area contributed by atoms with Gasteiger partial charge in [-0.1, -0.05) is 58.4 Å². The van der Waals surface area contributed by atoms with Gasteiger partial charge in [0.05, 0.1) is 0 Å². The lowest BCUT2D eigenvalue weighted by atomic mass is 10.1. The summed E-state index contributed by atoms with van der Waals surface area (Å²) in [4.78, 5) is 23.8. The van der Waals surface area contributed by atoms with Gasteiger partial charge in [-0.15, -0.1) is 0 Å². The second kappa shape index (κ2) is 9.71. The van der Waals surface area contributed by atoms with Crippen LogP contribution in [-0.2, 0) is 11.4 Å². The van der Waals surface area contributed by atoms with Crippen LogP contribution in [0.3, 0.4) is 0 Å². The number of ether oxygens (including phenoxy) is 1. The molecule has 1 amide bonds. The van der Waals surface area contributed by atoms with E-state index in [0.29, 0.717) is 23.5 Å². The van der Waals surface area contributed by atoms with Gasteiger partial charge >= 0.3 is 5.97 Å². The minimum absolute atomic E-state index is 0.219. The summed E-state index contributed by atoms with van der Waals surface area (Å²) in [7, 11) is 0. The average Bonchev–Trinajstić information content (AvgIpc) is 2.73. The number of amides is 1. The highest BCUT2D eigenvalue weighted by Gasteiger charge is 2.13. The third kappa shape index (κ3) is 6.05. The molecule has 3 rings (SSSR count). The lowest BCUT2D eigenvalue weighted by Gasteiger charge is -2.09. The molecule has 0 saturated heterocycles. The standard InChI is InChI=1S/C23H18BrNO4/c24-19-11-9-16(10-12-19)15-29-20-8-4-5-17(13-20)14-21(23(27)28)25-22(26)18-6-2-1-3-7-18/h1-14H,15H2,(H,25,26)(H,27,28). The molecule has 0 unspecified atom stereocenters. The summed E-state index contributed by atoms with van der Waals surface area (Å²) < 4.78 is 6.78. The first-order chi connectivity index (χ1) is 14.0. The molecule has 3 aromatic rings. The van der Waals surface area contributed by atoms with Crippen LogP contribution in [0.2, 0.25) is 0 Å². The Bertz CT molecular complexity index is 1030. The van der Waals surface area contributed by atoms with Crippen molar-refractivity contribution in [1.82, 2.24) is 5.32 Å². The van der Waals surface area contributed by atoms with E-state index in [1.165, 1.54) is 6.08 Å². The molecule has 5 nitrogen and oxygen atoms in total. The van der Waals surface area contributed by atoms with Crippen LogP contribution < -0.4 is 10.1 Å². The van der Waals surface area contributed by atoms with Gasteiger partial charge in [-0.3, -0.25) is 4.79 Å². The second-order valence-corrected chi connectivity index (χ2v) is 7.09. The van der Waals surface area contributed by atoms with E-state index in [-0.39, 0.29) is 5.70 Å². The van der Waals surface area contributed by atoms with Crippen LogP contribution >= 0.6 is 15.9 Å². The number of benzene rings is 3. The van der Waals surface area contributed by atoms with Crippen molar-refractivity contribution in [2.75, 3.05) is 0 Å². The van der Waals surface area contributed by atoms with Crippen molar-refractivity contribution < 1.29 is 19.4 Å². The Morgan fingerprint density at radius 1 is 0.966 bits per heavy atom.